The molecule has 0 aliphatic heterocycles. The van der Waals surface area contributed by atoms with Gasteiger partial charge in [0.25, 0.3) is 0 Å². The summed E-state index contributed by atoms with van der Waals surface area (Å²) in [7, 11) is 0. The number of fused-ring (bicyclic) bond motifs is 21. The van der Waals surface area contributed by atoms with Gasteiger partial charge in [0.05, 0.1) is 22.7 Å². The van der Waals surface area contributed by atoms with E-state index in [9.17, 15) is 0 Å². The Morgan fingerprint density at radius 1 is 0.267 bits per heavy atom. The standard InChI is InChI=1S/C82H50N2O2/c1-5-17-59-49(13-1)31-37-67-63(59)21-9-25-75(67)83(76-26-10-22-64-60-18-6-2-14-50(60)32-38-68(64)76)57-35-29-53-45-73-71-41-42-72-74-46-54-30-36-58(44-56(54)48-80(74)86-82(72)81(71)85-79(73)47-55(53)43-57)84(77-27-11-23-65-61-19-7-3-15-51(61)33-39-69(65)77)78-28-12-24-66-62-20-8-4-16-52(62)34-40-70(66)78/h1-49,59H. The van der Waals surface area contributed by atoms with E-state index in [1.165, 1.54) is 75.8 Å². The lowest BCUT2D eigenvalue weighted by atomic mass is 9.76. The Labute approximate surface area is 494 Å². The third kappa shape index (κ3) is 6.98. The smallest absolute Gasteiger partial charge is 0.178 e. The molecule has 2 atom stereocenters. The van der Waals surface area contributed by atoms with Crippen molar-refractivity contribution in [1.82, 2.24) is 0 Å². The van der Waals surface area contributed by atoms with Crippen LogP contribution in [0, 0.1) is 5.92 Å². The molecule has 2 unspecified atom stereocenters. The number of hydrogen-bond donors (Lipinski definition) is 0. The van der Waals surface area contributed by atoms with Crippen LogP contribution >= 0.6 is 0 Å². The van der Waals surface area contributed by atoms with Gasteiger partial charge in [-0.3, -0.25) is 0 Å². The van der Waals surface area contributed by atoms with Crippen molar-refractivity contribution < 1.29 is 8.83 Å². The van der Waals surface area contributed by atoms with E-state index in [4.69, 9.17) is 8.83 Å². The molecular formula is C82H50N2O2. The Kier molecular flexibility index (Phi) is 9.98. The highest BCUT2D eigenvalue weighted by Gasteiger charge is 2.29. The van der Waals surface area contributed by atoms with Crippen LogP contribution in [0.4, 0.5) is 34.1 Å². The zero-order valence-electron chi connectivity index (χ0n) is 46.6. The maximum Gasteiger partial charge on any atom is 0.178 e. The highest BCUT2D eigenvalue weighted by Crippen LogP contribution is 2.50. The zero-order chi connectivity index (χ0) is 56.1. The largest absolute Gasteiger partial charge is 0.452 e. The average molecular weight is 1100 g/mol. The second-order valence-corrected chi connectivity index (χ2v) is 23.4. The van der Waals surface area contributed by atoms with E-state index in [-0.39, 0.29) is 5.92 Å². The molecule has 0 saturated heterocycles. The summed E-state index contributed by atoms with van der Waals surface area (Å²) < 4.78 is 14.1. The first-order valence-electron chi connectivity index (χ1n) is 29.8. The van der Waals surface area contributed by atoms with Gasteiger partial charge in [-0.15, -0.1) is 0 Å². The van der Waals surface area contributed by atoms with E-state index in [0.717, 1.165) is 99.5 Å². The summed E-state index contributed by atoms with van der Waals surface area (Å²) in [5.74, 6) is 0.619. The minimum absolute atomic E-state index is 0.281. The molecule has 0 N–H and O–H groups in total. The minimum atomic E-state index is 0.281. The normalized spacial score (nSPS) is 14.8. The van der Waals surface area contributed by atoms with Gasteiger partial charge < -0.3 is 18.6 Å². The first-order chi connectivity index (χ1) is 42.6. The first kappa shape index (κ1) is 47.3. The molecule has 15 aromatic carbocycles. The highest BCUT2D eigenvalue weighted by atomic mass is 16.4. The lowest BCUT2D eigenvalue weighted by Gasteiger charge is -2.33. The number of benzene rings is 15. The summed E-state index contributed by atoms with van der Waals surface area (Å²) in [6.45, 7) is 0. The molecule has 2 aliphatic carbocycles. The van der Waals surface area contributed by atoms with Gasteiger partial charge in [-0.1, -0.05) is 206 Å². The van der Waals surface area contributed by atoms with E-state index in [1.807, 2.05) is 0 Å². The first-order valence-corrected chi connectivity index (χ1v) is 29.8. The SMILES string of the molecule is C1=CC2C=Cc3c(cccc3N(c3ccc4cc5c(cc4c3)oc3c5ccc4c5cc6ccc(N(c7cccc8c7ccc7ccccc78)c7cccc8c7ccc7ccccc78)cc6cc5oc43)c3cccc4c3ccc3ccccc34)C2C=C1. The van der Waals surface area contributed by atoms with Crippen LogP contribution in [-0.4, -0.2) is 0 Å². The number of anilines is 6. The van der Waals surface area contributed by atoms with Gasteiger partial charge in [0.2, 0.25) is 0 Å². The molecule has 0 fully saturated rings. The number of furan rings is 2. The van der Waals surface area contributed by atoms with E-state index >= 15 is 0 Å². The molecule has 17 aromatic rings. The zero-order valence-corrected chi connectivity index (χ0v) is 46.6. The molecule has 0 bridgehead atoms. The monoisotopic (exact) mass is 1090 g/mol. The fourth-order valence-electron chi connectivity index (χ4n) is 14.8. The Morgan fingerprint density at radius 3 is 1.20 bits per heavy atom. The van der Waals surface area contributed by atoms with Crippen LogP contribution in [0.3, 0.4) is 0 Å². The maximum absolute atomic E-state index is 7.03. The molecule has 0 saturated carbocycles. The summed E-state index contributed by atoms with van der Waals surface area (Å²) >= 11 is 0. The van der Waals surface area contributed by atoms with Gasteiger partial charge in [0.1, 0.15) is 11.2 Å². The van der Waals surface area contributed by atoms with Gasteiger partial charge >= 0.3 is 0 Å². The summed E-state index contributed by atoms with van der Waals surface area (Å²) in [5.41, 5.74) is 12.4. The van der Waals surface area contributed by atoms with Gasteiger partial charge in [0.15, 0.2) is 11.2 Å². The molecule has 19 rings (SSSR count). The van der Waals surface area contributed by atoms with Crippen molar-refractivity contribution in [2.24, 2.45) is 5.92 Å². The van der Waals surface area contributed by atoms with Crippen LogP contribution in [-0.2, 0) is 0 Å². The molecular weight excluding hydrogens is 1040 g/mol. The van der Waals surface area contributed by atoms with Gasteiger partial charge in [-0.25, -0.2) is 0 Å². The third-order valence-corrected chi connectivity index (χ3v) is 18.9. The second kappa shape index (κ2) is 18.1. The van der Waals surface area contributed by atoms with Crippen molar-refractivity contribution in [3.63, 3.8) is 0 Å². The van der Waals surface area contributed by atoms with Gasteiger partial charge in [-0.05, 0) is 161 Å². The van der Waals surface area contributed by atoms with Crippen LogP contribution in [0.5, 0.6) is 0 Å². The molecule has 2 aliphatic rings. The number of rotatable bonds is 6. The average Bonchev–Trinajstić information content (AvgIpc) is 1.55. The van der Waals surface area contributed by atoms with Crippen LogP contribution in [0.1, 0.15) is 17.0 Å². The third-order valence-electron chi connectivity index (χ3n) is 18.9. The molecule has 2 aromatic heterocycles. The number of allylic oxidation sites excluding steroid dienone is 5. The molecule has 0 radical (unpaired) electrons. The number of nitrogens with zero attached hydrogens (tertiary/aromatic N) is 2. The Bertz CT molecular complexity index is 5780. The Hall–Kier alpha value is -11.2. The van der Waals surface area contributed by atoms with Crippen LogP contribution in [0.25, 0.3) is 136 Å². The van der Waals surface area contributed by atoms with Crippen molar-refractivity contribution >= 4 is 170 Å². The number of hydrogen-bond acceptors (Lipinski definition) is 4. The quantitative estimate of drug-likeness (QED) is 0.155. The van der Waals surface area contributed by atoms with Crippen molar-refractivity contribution in [3.8, 4) is 0 Å². The van der Waals surface area contributed by atoms with E-state index < -0.39 is 0 Å². The lowest BCUT2D eigenvalue weighted by Crippen LogP contribution is -2.17. The molecule has 86 heavy (non-hydrogen) atoms. The van der Waals surface area contributed by atoms with Crippen molar-refractivity contribution in [1.29, 1.82) is 0 Å². The summed E-state index contributed by atoms with van der Waals surface area (Å²) in [4.78, 5) is 4.93. The molecule has 0 spiro atoms. The second-order valence-electron chi connectivity index (χ2n) is 23.4. The maximum atomic E-state index is 7.03. The summed E-state index contributed by atoms with van der Waals surface area (Å²) in [6.07, 6.45) is 13.8. The Morgan fingerprint density at radius 2 is 0.686 bits per heavy atom. The van der Waals surface area contributed by atoms with Gasteiger partial charge in [-0.2, -0.15) is 0 Å². The van der Waals surface area contributed by atoms with Crippen molar-refractivity contribution in [3.05, 3.63) is 296 Å². The summed E-state index contributed by atoms with van der Waals surface area (Å²) in [5, 5.41) is 23.3. The summed E-state index contributed by atoms with van der Waals surface area (Å²) in [6, 6.07) is 94.0. The highest BCUT2D eigenvalue weighted by molar-refractivity contribution is 6.23. The van der Waals surface area contributed by atoms with Crippen molar-refractivity contribution in [2.75, 3.05) is 9.80 Å². The fraction of sp³-hybridized carbons (Fsp3) is 0.0244. The predicted molar refractivity (Wildman–Crippen MR) is 364 cm³/mol. The Balaban J connectivity index is 0.757. The predicted octanol–water partition coefficient (Wildman–Crippen LogP) is 23.5. The van der Waals surface area contributed by atoms with E-state index in [0.29, 0.717) is 5.92 Å². The molecule has 400 valence electrons. The molecule has 2 heterocycles. The fourth-order valence-corrected chi connectivity index (χ4v) is 14.8. The lowest BCUT2D eigenvalue weighted by molar-refractivity contribution is 0.634. The molecule has 4 nitrogen and oxygen atoms in total. The topological polar surface area (TPSA) is 32.8 Å². The molecule has 0 amide bonds. The van der Waals surface area contributed by atoms with Gasteiger partial charge in [0, 0.05) is 66.5 Å². The van der Waals surface area contributed by atoms with E-state index in [1.54, 1.807) is 0 Å². The minimum Gasteiger partial charge on any atom is -0.452 e. The molecule has 4 heteroatoms. The van der Waals surface area contributed by atoms with Crippen LogP contribution < -0.4 is 9.80 Å². The van der Waals surface area contributed by atoms with E-state index in [2.05, 4.69) is 301 Å². The van der Waals surface area contributed by atoms with Crippen LogP contribution in [0.15, 0.2) is 294 Å². The van der Waals surface area contributed by atoms with Crippen molar-refractivity contribution in [2.45, 2.75) is 5.92 Å². The van der Waals surface area contributed by atoms with Crippen LogP contribution in [0.2, 0.25) is 0 Å².